The van der Waals surface area contributed by atoms with Gasteiger partial charge >= 0.3 is 0 Å². The van der Waals surface area contributed by atoms with Gasteiger partial charge in [0.2, 0.25) is 0 Å². The van der Waals surface area contributed by atoms with Gasteiger partial charge in [0.25, 0.3) is 5.91 Å². The summed E-state index contributed by atoms with van der Waals surface area (Å²) in [5.74, 6) is 0.186. The zero-order valence-electron chi connectivity index (χ0n) is 16.6. The van der Waals surface area contributed by atoms with Gasteiger partial charge < -0.3 is 15.0 Å². The molecule has 0 bridgehead atoms. The summed E-state index contributed by atoms with van der Waals surface area (Å²) < 4.78 is 20.9. The van der Waals surface area contributed by atoms with Gasteiger partial charge in [-0.1, -0.05) is 23.9 Å². The molecule has 8 heteroatoms. The Hall–Kier alpha value is -2.42. The van der Waals surface area contributed by atoms with E-state index in [0.29, 0.717) is 43.2 Å². The van der Waals surface area contributed by atoms with Crippen LogP contribution in [0.4, 0.5) is 15.8 Å². The van der Waals surface area contributed by atoms with Crippen LogP contribution in [0.2, 0.25) is 0 Å². The number of carbonyl (C=O) groups is 1. The van der Waals surface area contributed by atoms with E-state index in [1.54, 1.807) is 47.4 Å². The monoisotopic (exact) mass is 443 g/mol. The maximum absolute atomic E-state index is 14.5. The van der Waals surface area contributed by atoms with Gasteiger partial charge in [-0.2, -0.15) is 0 Å². The molecule has 4 rings (SSSR count). The number of nitrogens with zero attached hydrogens (tertiary/aromatic N) is 2. The number of hydrogen-bond donors (Lipinski definition) is 1. The first-order valence-electron chi connectivity index (χ1n) is 9.66. The van der Waals surface area contributed by atoms with Crippen molar-refractivity contribution in [2.45, 2.75) is 17.0 Å². The highest BCUT2D eigenvalue weighted by molar-refractivity contribution is 8.00. The van der Waals surface area contributed by atoms with Gasteiger partial charge in [0.1, 0.15) is 10.2 Å². The molecule has 0 saturated carbocycles. The van der Waals surface area contributed by atoms with E-state index in [1.807, 2.05) is 29.3 Å². The van der Waals surface area contributed by atoms with Crippen molar-refractivity contribution in [1.29, 1.82) is 0 Å². The van der Waals surface area contributed by atoms with E-state index in [1.165, 1.54) is 6.07 Å². The zero-order valence-corrected chi connectivity index (χ0v) is 18.2. The fraction of sp³-hybridized carbons (Fsp3) is 0.273. The number of benzene rings is 2. The minimum absolute atomic E-state index is 0.261. The molecule has 5 nitrogen and oxygen atoms in total. The van der Waals surface area contributed by atoms with Crippen molar-refractivity contribution >= 4 is 40.4 Å². The minimum Gasteiger partial charge on any atom is -0.378 e. The molecule has 1 amide bonds. The lowest BCUT2D eigenvalue weighted by molar-refractivity contribution is 0.102. The van der Waals surface area contributed by atoms with Crippen molar-refractivity contribution < 1.29 is 13.9 Å². The van der Waals surface area contributed by atoms with Crippen LogP contribution in [0.25, 0.3) is 0 Å². The molecule has 0 atom stereocenters. The zero-order chi connectivity index (χ0) is 20.9. The molecule has 2 aromatic carbocycles. The Morgan fingerprint density at radius 2 is 2.00 bits per heavy atom. The summed E-state index contributed by atoms with van der Waals surface area (Å²) in [7, 11) is 0. The lowest BCUT2D eigenvalue weighted by Crippen LogP contribution is -2.36. The molecule has 3 aromatic rings. The minimum atomic E-state index is -0.348. The van der Waals surface area contributed by atoms with E-state index in [0.717, 1.165) is 21.3 Å². The average Bonchev–Trinajstić information content (AvgIpc) is 3.18. The first-order valence-corrected chi connectivity index (χ1v) is 11.5. The fourth-order valence-corrected chi connectivity index (χ4v) is 4.95. The summed E-state index contributed by atoms with van der Waals surface area (Å²) in [5.41, 5.74) is 3.66. The Labute approximate surface area is 183 Å². The van der Waals surface area contributed by atoms with E-state index in [9.17, 15) is 9.18 Å². The number of amides is 1. The maximum atomic E-state index is 14.5. The second-order valence-corrected chi connectivity index (χ2v) is 9.04. The van der Waals surface area contributed by atoms with Crippen molar-refractivity contribution in [2.75, 3.05) is 36.5 Å². The van der Waals surface area contributed by atoms with E-state index in [-0.39, 0.29) is 11.7 Å². The molecule has 0 spiro atoms. The van der Waals surface area contributed by atoms with Crippen molar-refractivity contribution in [3.05, 3.63) is 70.5 Å². The number of halogens is 1. The topological polar surface area (TPSA) is 54.5 Å². The number of carbonyl (C=O) groups excluding carboxylic acids is 1. The van der Waals surface area contributed by atoms with Crippen LogP contribution >= 0.6 is 23.1 Å². The van der Waals surface area contributed by atoms with Crippen LogP contribution < -0.4 is 10.2 Å². The van der Waals surface area contributed by atoms with Crippen LogP contribution in [-0.2, 0) is 10.5 Å². The number of rotatable bonds is 6. The largest absolute Gasteiger partial charge is 0.378 e. The van der Waals surface area contributed by atoms with Crippen LogP contribution in [0.15, 0.2) is 52.2 Å². The summed E-state index contributed by atoms with van der Waals surface area (Å²) in [6.07, 6.45) is 0. The second-order valence-electron chi connectivity index (χ2n) is 6.96. The normalized spacial score (nSPS) is 14.0. The van der Waals surface area contributed by atoms with E-state index >= 15 is 0 Å². The average molecular weight is 444 g/mol. The molecule has 1 N–H and O–H groups in total. The summed E-state index contributed by atoms with van der Waals surface area (Å²) >= 11 is 3.32. The third-order valence-corrected chi connectivity index (χ3v) is 6.94. The van der Waals surface area contributed by atoms with E-state index in [2.05, 4.69) is 10.3 Å². The van der Waals surface area contributed by atoms with Crippen molar-refractivity contribution in [3.63, 3.8) is 0 Å². The number of aromatic nitrogens is 1. The third-order valence-electron chi connectivity index (χ3n) is 4.73. The SMILES string of the molecule is Cc1csc(SCc2ccc(C(=O)Nc3ccc(N4CCOCC4)c(F)c3)cc2)n1. The van der Waals surface area contributed by atoms with Gasteiger partial charge in [0.15, 0.2) is 0 Å². The molecular weight excluding hydrogens is 421 g/mol. The maximum Gasteiger partial charge on any atom is 0.255 e. The molecule has 1 aromatic heterocycles. The molecule has 1 saturated heterocycles. The first kappa shape index (κ1) is 20.8. The summed E-state index contributed by atoms with van der Waals surface area (Å²) in [5, 5.41) is 4.81. The van der Waals surface area contributed by atoms with E-state index < -0.39 is 0 Å². The summed E-state index contributed by atoms with van der Waals surface area (Å²) in [6.45, 7) is 4.49. The number of aryl methyl sites for hydroxylation is 1. The molecule has 1 aliphatic rings. The summed E-state index contributed by atoms with van der Waals surface area (Å²) in [6, 6.07) is 12.2. The smallest absolute Gasteiger partial charge is 0.255 e. The standard InChI is InChI=1S/C22H22FN3O2S2/c1-15-13-29-22(24-15)30-14-16-2-4-17(5-3-16)21(27)25-18-6-7-20(19(23)12-18)26-8-10-28-11-9-26/h2-7,12-13H,8-11,14H2,1H3,(H,25,27). The molecule has 0 unspecified atom stereocenters. The molecular formula is C22H22FN3O2S2. The van der Waals surface area contributed by atoms with Gasteiger partial charge in [-0.25, -0.2) is 9.37 Å². The molecule has 1 fully saturated rings. The predicted molar refractivity (Wildman–Crippen MR) is 120 cm³/mol. The molecule has 156 valence electrons. The number of anilines is 2. The number of thioether (sulfide) groups is 1. The van der Waals surface area contributed by atoms with Crippen LogP contribution in [0.5, 0.6) is 0 Å². The molecule has 2 heterocycles. The summed E-state index contributed by atoms with van der Waals surface area (Å²) in [4.78, 5) is 18.9. The molecule has 1 aliphatic heterocycles. The van der Waals surface area contributed by atoms with Gasteiger partial charge in [-0.3, -0.25) is 4.79 Å². The van der Waals surface area contributed by atoms with Gasteiger partial charge in [0, 0.05) is 41.2 Å². The lowest BCUT2D eigenvalue weighted by atomic mass is 10.1. The lowest BCUT2D eigenvalue weighted by Gasteiger charge is -2.29. The Bertz CT molecular complexity index is 1020. The fourth-order valence-electron chi connectivity index (χ4n) is 3.14. The predicted octanol–water partition coefficient (Wildman–Crippen LogP) is 4.97. The number of nitrogens with one attached hydrogen (secondary N) is 1. The third kappa shape index (κ3) is 5.19. The highest BCUT2D eigenvalue weighted by Crippen LogP contribution is 2.27. The van der Waals surface area contributed by atoms with Gasteiger partial charge in [0.05, 0.1) is 18.9 Å². The van der Waals surface area contributed by atoms with Crippen LogP contribution in [0, 0.1) is 12.7 Å². The Balaban J connectivity index is 1.35. The van der Waals surface area contributed by atoms with Crippen molar-refractivity contribution in [1.82, 2.24) is 4.98 Å². The van der Waals surface area contributed by atoms with Gasteiger partial charge in [-0.15, -0.1) is 11.3 Å². The van der Waals surface area contributed by atoms with Crippen molar-refractivity contribution in [2.24, 2.45) is 0 Å². The van der Waals surface area contributed by atoms with Crippen molar-refractivity contribution in [3.8, 4) is 0 Å². The highest BCUT2D eigenvalue weighted by atomic mass is 32.2. The van der Waals surface area contributed by atoms with Gasteiger partial charge in [-0.05, 0) is 42.8 Å². The number of morpholine rings is 1. The Morgan fingerprint density at radius 1 is 1.23 bits per heavy atom. The number of ether oxygens (including phenoxy) is 1. The number of hydrogen-bond acceptors (Lipinski definition) is 6. The van der Waals surface area contributed by atoms with E-state index in [4.69, 9.17) is 4.74 Å². The van der Waals surface area contributed by atoms with Crippen LogP contribution in [-0.4, -0.2) is 37.2 Å². The quantitative estimate of drug-likeness (QED) is 0.545. The van der Waals surface area contributed by atoms with Crippen LogP contribution in [0.1, 0.15) is 21.6 Å². The Morgan fingerprint density at radius 3 is 2.67 bits per heavy atom. The van der Waals surface area contributed by atoms with Crippen LogP contribution in [0.3, 0.4) is 0 Å². The highest BCUT2D eigenvalue weighted by Gasteiger charge is 2.16. The molecule has 0 radical (unpaired) electrons. The Kier molecular flexibility index (Phi) is 6.66. The molecule has 30 heavy (non-hydrogen) atoms. The number of thiazole rings is 1. The second kappa shape index (κ2) is 9.59. The first-order chi connectivity index (χ1) is 14.6. The molecule has 0 aliphatic carbocycles.